The van der Waals surface area contributed by atoms with Crippen LogP contribution < -0.4 is 15.5 Å². The molecule has 7 nitrogen and oxygen atoms in total. The molecular weight excluding hydrogens is 274 g/mol. The second-order valence-electron chi connectivity index (χ2n) is 4.54. The van der Waals surface area contributed by atoms with Crippen LogP contribution in [0.15, 0.2) is 24.3 Å². The number of pyridine rings is 1. The van der Waals surface area contributed by atoms with Crippen molar-refractivity contribution in [2.75, 3.05) is 6.61 Å². The molecule has 112 valence electrons. The third-order valence-corrected chi connectivity index (χ3v) is 3.08. The van der Waals surface area contributed by atoms with Gasteiger partial charge in [-0.25, -0.2) is 4.98 Å². The fourth-order valence-corrected chi connectivity index (χ4v) is 2.07. The Morgan fingerprint density at radius 1 is 1.33 bits per heavy atom. The van der Waals surface area contributed by atoms with Crippen LogP contribution in [0.4, 0.5) is 5.69 Å². The third-order valence-electron chi connectivity index (χ3n) is 3.08. The van der Waals surface area contributed by atoms with Gasteiger partial charge < -0.3 is 9.57 Å². The summed E-state index contributed by atoms with van der Waals surface area (Å²) in [6.07, 6.45) is 2.86. The molecule has 7 heteroatoms. The first-order chi connectivity index (χ1) is 10.2. The number of unbranched alkanes of at least 4 members (excludes halogenated alkanes) is 2. The zero-order chi connectivity index (χ0) is 15.2. The molecule has 0 saturated carbocycles. The molecule has 2 rings (SSSR count). The molecule has 1 aromatic heterocycles. The summed E-state index contributed by atoms with van der Waals surface area (Å²) in [5, 5.41) is 11.9. The number of rotatable bonds is 7. The summed E-state index contributed by atoms with van der Waals surface area (Å²) in [5.74, 6) is 5.01. The van der Waals surface area contributed by atoms with Crippen molar-refractivity contribution in [1.29, 1.82) is 0 Å². The first-order valence-electron chi connectivity index (χ1n) is 6.75. The van der Waals surface area contributed by atoms with E-state index < -0.39 is 4.92 Å². The number of nitrogens with two attached hydrogens (primary N) is 1. The summed E-state index contributed by atoms with van der Waals surface area (Å²) < 4.78 is 5.64. The summed E-state index contributed by atoms with van der Waals surface area (Å²) in [5.41, 5.74) is 0.196. The minimum atomic E-state index is -0.587. The van der Waals surface area contributed by atoms with Gasteiger partial charge >= 0.3 is 11.6 Å². The van der Waals surface area contributed by atoms with Gasteiger partial charge in [0, 0.05) is 5.39 Å². The van der Waals surface area contributed by atoms with Crippen molar-refractivity contribution in [2.45, 2.75) is 26.2 Å². The molecule has 0 spiro atoms. The molecule has 0 radical (unpaired) electrons. The van der Waals surface area contributed by atoms with Crippen LogP contribution in [0.3, 0.4) is 0 Å². The molecule has 0 aliphatic rings. The highest BCUT2D eigenvalue weighted by Crippen LogP contribution is 2.40. The van der Waals surface area contributed by atoms with Crippen LogP contribution in [0, 0.1) is 10.1 Å². The largest absolute Gasteiger partial charge is 0.486 e. The molecule has 2 aromatic rings. The maximum absolute atomic E-state index is 11.3. The molecule has 0 bridgehead atoms. The van der Waals surface area contributed by atoms with E-state index in [2.05, 4.69) is 16.7 Å². The topological polar surface area (TPSA) is 101 Å². The minimum Gasteiger partial charge on any atom is -0.486 e. The molecule has 1 aromatic carbocycles. The normalized spacial score (nSPS) is 10.6. The van der Waals surface area contributed by atoms with Crippen molar-refractivity contribution >= 4 is 16.6 Å². The Balaban J connectivity index is 2.50. The summed E-state index contributed by atoms with van der Waals surface area (Å²) in [7, 11) is 0. The van der Waals surface area contributed by atoms with E-state index in [-0.39, 0.29) is 17.3 Å². The quantitative estimate of drug-likeness (QED) is 0.478. The molecule has 2 N–H and O–H groups in total. The standard InChI is InChI=1S/C14H17N3O4/c1-2-3-6-9-20-13-10-7-4-5-8-11(10)16-14(21-15)12(13)17(18)19/h4-5,7-8H,2-3,6,9,15H2,1H3. The first kappa shape index (κ1) is 15.0. The van der Waals surface area contributed by atoms with Crippen LogP contribution in [0.5, 0.6) is 11.6 Å². The average molecular weight is 291 g/mol. The number of ether oxygens (including phenoxy) is 1. The number of nitrogens with zero attached hydrogens (tertiary/aromatic N) is 2. The lowest BCUT2D eigenvalue weighted by Gasteiger charge is -2.11. The molecule has 0 fully saturated rings. The van der Waals surface area contributed by atoms with E-state index in [0.717, 1.165) is 19.3 Å². The lowest BCUT2D eigenvalue weighted by molar-refractivity contribution is -0.387. The molecule has 1 heterocycles. The van der Waals surface area contributed by atoms with Gasteiger partial charge in [0.15, 0.2) is 0 Å². The van der Waals surface area contributed by atoms with E-state index in [1.807, 2.05) is 0 Å². The van der Waals surface area contributed by atoms with Crippen LogP contribution in [0.25, 0.3) is 10.9 Å². The van der Waals surface area contributed by atoms with Gasteiger partial charge in [0.25, 0.3) is 0 Å². The molecule has 21 heavy (non-hydrogen) atoms. The SMILES string of the molecule is CCCCCOc1c([N+](=O)[O-])c(ON)nc2ccccc12. The van der Waals surface area contributed by atoms with Crippen LogP contribution in [-0.4, -0.2) is 16.5 Å². The second kappa shape index (κ2) is 6.85. The molecule has 0 unspecified atom stereocenters. The second-order valence-corrected chi connectivity index (χ2v) is 4.54. The van der Waals surface area contributed by atoms with Crippen LogP contribution in [0.2, 0.25) is 0 Å². The Labute approximate surface area is 121 Å². The van der Waals surface area contributed by atoms with Crippen molar-refractivity contribution in [3.8, 4) is 11.6 Å². The summed E-state index contributed by atoms with van der Waals surface area (Å²) >= 11 is 0. The average Bonchev–Trinajstić information content (AvgIpc) is 2.50. The lowest BCUT2D eigenvalue weighted by atomic mass is 10.2. The van der Waals surface area contributed by atoms with Gasteiger partial charge in [-0.3, -0.25) is 10.1 Å². The lowest BCUT2D eigenvalue weighted by Crippen LogP contribution is -2.09. The van der Waals surface area contributed by atoms with Crippen molar-refractivity contribution in [1.82, 2.24) is 4.98 Å². The Morgan fingerprint density at radius 3 is 2.76 bits per heavy atom. The number of hydrogen-bond donors (Lipinski definition) is 1. The van der Waals surface area contributed by atoms with Crippen LogP contribution in [0.1, 0.15) is 26.2 Å². The zero-order valence-electron chi connectivity index (χ0n) is 11.7. The Kier molecular flexibility index (Phi) is 4.89. The highest BCUT2D eigenvalue weighted by molar-refractivity contribution is 5.90. The van der Waals surface area contributed by atoms with Gasteiger partial charge in [-0.05, 0) is 18.6 Å². The highest BCUT2D eigenvalue weighted by atomic mass is 16.6. The number of para-hydroxylation sites is 1. The van der Waals surface area contributed by atoms with Gasteiger partial charge in [0.1, 0.15) is 0 Å². The smallest absolute Gasteiger partial charge is 0.375 e. The van der Waals surface area contributed by atoms with E-state index in [1.165, 1.54) is 0 Å². The Hall–Kier alpha value is -2.41. The molecule has 0 atom stereocenters. The Morgan fingerprint density at radius 2 is 2.10 bits per heavy atom. The number of fused-ring (bicyclic) bond motifs is 1. The maximum atomic E-state index is 11.3. The van der Waals surface area contributed by atoms with Gasteiger partial charge in [0.2, 0.25) is 5.75 Å². The van der Waals surface area contributed by atoms with Crippen molar-refractivity contribution in [3.05, 3.63) is 34.4 Å². The van der Waals surface area contributed by atoms with Gasteiger partial charge in [-0.2, -0.15) is 5.90 Å². The fraction of sp³-hybridized carbons (Fsp3) is 0.357. The molecule has 0 amide bonds. The van der Waals surface area contributed by atoms with Gasteiger partial charge in [0.05, 0.1) is 17.0 Å². The monoisotopic (exact) mass is 291 g/mol. The van der Waals surface area contributed by atoms with Gasteiger partial charge in [-0.15, -0.1) is 0 Å². The zero-order valence-corrected chi connectivity index (χ0v) is 11.7. The number of aromatic nitrogens is 1. The molecular formula is C14H17N3O4. The molecule has 0 saturated heterocycles. The van der Waals surface area contributed by atoms with E-state index >= 15 is 0 Å². The van der Waals surface area contributed by atoms with E-state index in [0.29, 0.717) is 17.5 Å². The molecule has 0 aliphatic heterocycles. The maximum Gasteiger partial charge on any atom is 0.375 e. The number of benzene rings is 1. The molecule has 0 aliphatic carbocycles. The fourth-order valence-electron chi connectivity index (χ4n) is 2.07. The van der Waals surface area contributed by atoms with Crippen molar-refractivity contribution < 1.29 is 14.5 Å². The number of nitro groups is 1. The van der Waals surface area contributed by atoms with Crippen molar-refractivity contribution in [2.24, 2.45) is 5.90 Å². The van der Waals surface area contributed by atoms with Gasteiger partial charge in [-0.1, -0.05) is 31.9 Å². The highest BCUT2D eigenvalue weighted by Gasteiger charge is 2.27. The summed E-state index contributed by atoms with van der Waals surface area (Å²) in [6, 6.07) is 7.00. The third kappa shape index (κ3) is 3.19. The summed E-state index contributed by atoms with van der Waals surface area (Å²) in [6.45, 7) is 2.47. The van der Waals surface area contributed by atoms with E-state index in [4.69, 9.17) is 10.6 Å². The minimum absolute atomic E-state index is 0.155. The van der Waals surface area contributed by atoms with Crippen LogP contribution in [-0.2, 0) is 0 Å². The first-order valence-corrected chi connectivity index (χ1v) is 6.75. The predicted molar refractivity (Wildman–Crippen MR) is 78.2 cm³/mol. The summed E-state index contributed by atoms with van der Waals surface area (Å²) in [4.78, 5) is 19.3. The van der Waals surface area contributed by atoms with E-state index in [1.54, 1.807) is 24.3 Å². The Bertz CT molecular complexity index is 645. The van der Waals surface area contributed by atoms with Crippen molar-refractivity contribution in [3.63, 3.8) is 0 Å². The van der Waals surface area contributed by atoms with Crippen LogP contribution >= 0.6 is 0 Å². The number of hydrogen-bond acceptors (Lipinski definition) is 6. The predicted octanol–water partition coefficient (Wildman–Crippen LogP) is 2.96. The van der Waals surface area contributed by atoms with E-state index in [9.17, 15) is 10.1 Å².